The smallest absolute Gasteiger partial charge is 0.316 e. The second kappa shape index (κ2) is 8.89. The maximum Gasteiger partial charge on any atom is 0.316 e. The van der Waals surface area contributed by atoms with Crippen LogP contribution in [0.5, 0.6) is 0 Å². The first-order valence-electron chi connectivity index (χ1n) is 5.49. The van der Waals surface area contributed by atoms with E-state index in [0.717, 1.165) is 12.8 Å². The Balaban J connectivity index is 4.25. The number of hydrogen-bond acceptors (Lipinski definition) is 3. The lowest BCUT2D eigenvalue weighted by Crippen LogP contribution is -2.25. The summed E-state index contributed by atoms with van der Waals surface area (Å²) in [5, 5.41) is 0. The van der Waals surface area contributed by atoms with Gasteiger partial charge >= 0.3 is 5.97 Å². The summed E-state index contributed by atoms with van der Waals surface area (Å²) in [6.07, 6.45) is 6.54. The van der Waals surface area contributed by atoms with Crippen LogP contribution in [0.2, 0.25) is 0 Å². The highest BCUT2D eigenvalue weighted by atomic mass is 16.5. The molecule has 3 nitrogen and oxygen atoms in total. The van der Waals surface area contributed by atoms with Gasteiger partial charge in [0.05, 0.1) is 7.11 Å². The summed E-state index contributed by atoms with van der Waals surface area (Å²) in [5.41, 5.74) is 0. The Kier molecular flexibility index (Phi) is 8.12. The number of esters is 1. The number of rotatable bonds is 9. The van der Waals surface area contributed by atoms with Crippen molar-refractivity contribution in [3.05, 3.63) is 25.3 Å². The molecule has 16 heavy (non-hydrogen) atoms. The van der Waals surface area contributed by atoms with E-state index in [9.17, 15) is 9.59 Å². The van der Waals surface area contributed by atoms with Gasteiger partial charge < -0.3 is 4.74 Å². The number of carbonyl (C=O) groups is 2. The van der Waals surface area contributed by atoms with Crippen LogP contribution in [0.3, 0.4) is 0 Å². The van der Waals surface area contributed by atoms with Crippen molar-refractivity contribution in [3.63, 3.8) is 0 Å². The third kappa shape index (κ3) is 5.49. The summed E-state index contributed by atoms with van der Waals surface area (Å²) < 4.78 is 4.62. The van der Waals surface area contributed by atoms with Crippen LogP contribution in [0.15, 0.2) is 25.3 Å². The lowest BCUT2D eigenvalue weighted by molar-refractivity contribution is -0.149. The van der Waals surface area contributed by atoms with Gasteiger partial charge in [-0.2, -0.15) is 0 Å². The van der Waals surface area contributed by atoms with Crippen LogP contribution < -0.4 is 0 Å². The number of allylic oxidation sites excluding steroid dienone is 2. The topological polar surface area (TPSA) is 43.4 Å². The Hall–Kier alpha value is -1.38. The van der Waals surface area contributed by atoms with Crippen LogP contribution in [-0.2, 0) is 14.3 Å². The summed E-state index contributed by atoms with van der Waals surface area (Å²) in [5.74, 6) is -1.12. The fourth-order valence-electron chi connectivity index (χ4n) is 1.43. The van der Waals surface area contributed by atoms with Crippen LogP contribution in [0.4, 0.5) is 0 Å². The lowest BCUT2D eigenvalue weighted by atomic mass is 9.95. The Morgan fingerprint density at radius 1 is 1.25 bits per heavy atom. The fraction of sp³-hybridized carbons (Fsp3) is 0.538. The minimum atomic E-state index is -0.632. The molecule has 90 valence electrons. The van der Waals surface area contributed by atoms with E-state index in [1.807, 2.05) is 0 Å². The van der Waals surface area contributed by atoms with Gasteiger partial charge in [-0.15, -0.1) is 13.2 Å². The minimum absolute atomic E-state index is 0.0458. The molecule has 0 aromatic rings. The molecule has 0 saturated heterocycles. The molecule has 0 aromatic heterocycles. The Bertz CT molecular complexity index is 256. The van der Waals surface area contributed by atoms with E-state index in [4.69, 9.17) is 0 Å². The van der Waals surface area contributed by atoms with Gasteiger partial charge in [0.1, 0.15) is 11.7 Å². The molecule has 0 aliphatic heterocycles. The number of ketones is 1. The van der Waals surface area contributed by atoms with Crippen LogP contribution in [-0.4, -0.2) is 18.9 Å². The van der Waals surface area contributed by atoms with Gasteiger partial charge in [-0.05, 0) is 25.7 Å². The van der Waals surface area contributed by atoms with Crippen molar-refractivity contribution >= 4 is 11.8 Å². The fourth-order valence-corrected chi connectivity index (χ4v) is 1.43. The molecule has 0 amide bonds. The molecular weight excluding hydrogens is 204 g/mol. The molecule has 0 bridgehead atoms. The second-order valence-electron chi connectivity index (χ2n) is 3.59. The van der Waals surface area contributed by atoms with Crippen molar-refractivity contribution < 1.29 is 14.3 Å². The summed E-state index contributed by atoms with van der Waals surface area (Å²) in [4.78, 5) is 23.1. The molecule has 0 N–H and O–H groups in total. The highest BCUT2D eigenvalue weighted by Gasteiger charge is 2.25. The van der Waals surface area contributed by atoms with E-state index in [-0.39, 0.29) is 5.78 Å². The zero-order chi connectivity index (χ0) is 12.4. The quantitative estimate of drug-likeness (QED) is 0.262. The summed E-state index contributed by atoms with van der Waals surface area (Å²) in [6.45, 7) is 7.16. The van der Waals surface area contributed by atoms with Crippen molar-refractivity contribution in [2.45, 2.75) is 32.1 Å². The number of ether oxygens (including phenoxy) is 1. The largest absolute Gasteiger partial charge is 0.468 e. The van der Waals surface area contributed by atoms with Crippen LogP contribution in [0.25, 0.3) is 0 Å². The van der Waals surface area contributed by atoms with Gasteiger partial charge in [0, 0.05) is 6.42 Å². The number of hydrogen-bond donors (Lipinski definition) is 0. The van der Waals surface area contributed by atoms with E-state index in [0.29, 0.717) is 19.3 Å². The van der Waals surface area contributed by atoms with Gasteiger partial charge in [-0.25, -0.2) is 0 Å². The van der Waals surface area contributed by atoms with Crippen LogP contribution >= 0.6 is 0 Å². The summed E-state index contributed by atoms with van der Waals surface area (Å²) in [7, 11) is 1.31. The SMILES string of the molecule is C=CCCCC(=O)C(CCC=C)C(=O)OC. The molecule has 0 saturated carbocycles. The van der Waals surface area contributed by atoms with E-state index in [2.05, 4.69) is 17.9 Å². The monoisotopic (exact) mass is 224 g/mol. The predicted octanol–water partition coefficient (Wildman–Crippen LogP) is 2.67. The first kappa shape index (κ1) is 14.6. The Morgan fingerprint density at radius 2 is 1.88 bits per heavy atom. The molecule has 0 spiro atoms. The number of carbonyl (C=O) groups excluding carboxylic acids is 2. The molecule has 0 rings (SSSR count). The first-order chi connectivity index (χ1) is 7.67. The predicted molar refractivity (Wildman–Crippen MR) is 64.0 cm³/mol. The number of Topliss-reactive ketones (excluding diaryl/α,β-unsaturated/α-hetero) is 1. The minimum Gasteiger partial charge on any atom is -0.468 e. The first-order valence-corrected chi connectivity index (χ1v) is 5.49. The van der Waals surface area contributed by atoms with E-state index in [1.165, 1.54) is 7.11 Å². The van der Waals surface area contributed by atoms with Crippen LogP contribution in [0.1, 0.15) is 32.1 Å². The summed E-state index contributed by atoms with van der Waals surface area (Å²) >= 11 is 0. The average Bonchev–Trinajstić information content (AvgIpc) is 2.29. The standard InChI is InChI=1S/C13H20O3/c1-4-6-8-10-12(14)11(9-7-5-2)13(15)16-3/h4-5,11H,1-2,6-10H2,3H3. The molecule has 1 unspecified atom stereocenters. The Morgan fingerprint density at radius 3 is 2.38 bits per heavy atom. The molecular formula is C13H20O3. The number of unbranched alkanes of at least 4 members (excludes halogenated alkanes) is 1. The highest BCUT2D eigenvalue weighted by molar-refractivity contribution is 5.98. The zero-order valence-corrected chi connectivity index (χ0v) is 9.91. The summed E-state index contributed by atoms with van der Waals surface area (Å²) in [6, 6.07) is 0. The number of methoxy groups -OCH3 is 1. The maximum absolute atomic E-state index is 11.8. The van der Waals surface area contributed by atoms with Gasteiger partial charge in [0.15, 0.2) is 0 Å². The van der Waals surface area contributed by atoms with Crippen LogP contribution in [0, 0.1) is 5.92 Å². The van der Waals surface area contributed by atoms with Crippen molar-refractivity contribution in [1.82, 2.24) is 0 Å². The lowest BCUT2D eigenvalue weighted by Gasteiger charge is -2.12. The molecule has 0 radical (unpaired) electrons. The van der Waals surface area contributed by atoms with E-state index >= 15 is 0 Å². The van der Waals surface area contributed by atoms with Crippen molar-refractivity contribution in [3.8, 4) is 0 Å². The highest BCUT2D eigenvalue weighted by Crippen LogP contribution is 2.14. The maximum atomic E-state index is 11.8. The Labute approximate surface area is 97.2 Å². The third-order valence-corrected chi connectivity index (χ3v) is 2.37. The van der Waals surface area contributed by atoms with E-state index in [1.54, 1.807) is 12.2 Å². The van der Waals surface area contributed by atoms with Gasteiger partial charge in [-0.3, -0.25) is 9.59 Å². The molecule has 0 fully saturated rings. The second-order valence-corrected chi connectivity index (χ2v) is 3.59. The molecule has 0 heterocycles. The third-order valence-electron chi connectivity index (χ3n) is 2.37. The van der Waals surface area contributed by atoms with Crippen molar-refractivity contribution in [2.75, 3.05) is 7.11 Å². The van der Waals surface area contributed by atoms with Gasteiger partial charge in [-0.1, -0.05) is 12.2 Å². The van der Waals surface area contributed by atoms with Crippen molar-refractivity contribution in [2.24, 2.45) is 5.92 Å². The normalized spacial score (nSPS) is 11.6. The molecule has 0 aliphatic carbocycles. The average molecular weight is 224 g/mol. The van der Waals surface area contributed by atoms with Gasteiger partial charge in [0.25, 0.3) is 0 Å². The zero-order valence-electron chi connectivity index (χ0n) is 9.91. The molecule has 1 atom stereocenters. The molecule has 0 aromatic carbocycles. The molecule has 3 heteroatoms. The van der Waals surface area contributed by atoms with E-state index < -0.39 is 11.9 Å². The van der Waals surface area contributed by atoms with Gasteiger partial charge in [0.2, 0.25) is 0 Å². The van der Waals surface area contributed by atoms with Crippen molar-refractivity contribution in [1.29, 1.82) is 0 Å². The molecule has 0 aliphatic rings.